The molecular formula is C23H15F4N7. The molecule has 0 atom stereocenters. The van der Waals surface area contributed by atoms with E-state index in [4.69, 9.17) is 11.5 Å². The van der Waals surface area contributed by atoms with E-state index in [1.54, 1.807) is 24.5 Å². The van der Waals surface area contributed by atoms with Gasteiger partial charge < -0.3 is 11.5 Å². The van der Waals surface area contributed by atoms with Crippen LogP contribution in [0.3, 0.4) is 0 Å². The average Bonchev–Trinajstić information content (AvgIpc) is 3.17. The third-order valence-electron chi connectivity index (χ3n) is 5.31. The predicted octanol–water partition coefficient (Wildman–Crippen LogP) is 4.19. The third kappa shape index (κ3) is 3.56. The van der Waals surface area contributed by atoms with Crippen LogP contribution in [0.25, 0.3) is 28.0 Å². The highest BCUT2D eigenvalue weighted by Crippen LogP contribution is 2.31. The lowest BCUT2D eigenvalue weighted by Gasteiger charge is -2.10. The summed E-state index contributed by atoms with van der Waals surface area (Å²) in [5.74, 6) is -4.01. The Morgan fingerprint density at radius 3 is 2.21 bits per heavy atom. The first-order valence-electron chi connectivity index (χ1n) is 9.96. The van der Waals surface area contributed by atoms with Gasteiger partial charge in [0.1, 0.15) is 23.3 Å². The summed E-state index contributed by atoms with van der Waals surface area (Å²) in [4.78, 5) is 12.5. The van der Waals surface area contributed by atoms with Crippen LogP contribution in [0.1, 0.15) is 11.3 Å². The molecule has 0 radical (unpaired) electrons. The van der Waals surface area contributed by atoms with E-state index in [-0.39, 0.29) is 28.7 Å². The van der Waals surface area contributed by atoms with Gasteiger partial charge in [-0.05, 0) is 48.0 Å². The summed E-state index contributed by atoms with van der Waals surface area (Å²) < 4.78 is 57.5. The molecule has 0 spiro atoms. The first kappa shape index (κ1) is 21.3. The Kier molecular flexibility index (Phi) is 5.08. The Hall–Kier alpha value is -4.54. The van der Waals surface area contributed by atoms with Crippen molar-refractivity contribution in [2.24, 2.45) is 0 Å². The van der Waals surface area contributed by atoms with Crippen molar-refractivity contribution in [2.75, 3.05) is 11.5 Å². The van der Waals surface area contributed by atoms with Crippen LogP contribution < -0.4 is 11.5 Å². The topological polar surface area (TPSA) is 109 Å². The molecule has 0 amide bonds. The summed E-state index contributed by atoms with van der Waals surface area (Å²) in [6.07, 6.45) is 2.69. The van der Waals surface area contributed by atoms with Gasteiger partial charge in [0.25, 0.3) is 5.95 Å². The maximum atomic E-state index is 14.3. The van der Waals surface area contributed by atoms with Gasteiger partial charge in [-0.25, -0.2) is 17.6 Å². The molecule has 0 aliphatic carbocycles. The van der Waals surface area contributed by atoms with Crippen molar-refractivity contribution in [1.82, 2.24) is 24.7 Å². The maximum absolute atomic E-state index is 14.3. The zero-order valence-corrected chi connectivity index (χ0v) is 17.3. The lowest BCUT2D eigenvalue weighted by molar-refractivity contribution is 0.482. The van der Waals surface area contributed by atoms with Crippen molar-refractivity contribution in [2.45, 2.75) is 6.42 Å². The quantitative estimate of drug-likeness (QED) is 0.304. The minimum Gasteiger partial charge on any atom is -0.383 e. The van der Waals surface area contributed by atoms with Gasteiger partial charge in [-0.3, -0.25) is 4.98 Å². The molecule has 11 heteroatoms. The molecule has 2 aromatic carbocycles. The predicted molar refractivity (Wildman–Crippen MR) is 118 cm³/mol. The Morgan fingerprint density at radius 2 is 1.50 bits per heavy atom. The van der Waals surface area contributed by atoms with Crippen molar-refractivity contribution in [3.05, 3.63) is 89.4 Å². The second-order valence-corrected chi connectivity index (χ2v) is 7.42. The number of halogens is 4. The van der Waals surface area contributed by atoms with Crippen LogP contribution in [0, 0.1) is 23.3 Å². The van der Waals surface area contributed by atoms with E-state index in [0.717, 1.165) is 12.1 Å². The second-order valence-electron chi connectivity index (χ2n) is 7.42. The Morgan fingerprint density at radius 1 is 0.824 bits per heavy atom. The summed E-state index contributed by atoms with van der Waals surface area (Å²) in [7, 11) is 0. The van der Waals surface area contributed by atoms with Crippen LogP contribution in [0.2, 0.25) is 0 Å². The van der Waals surface area contributed by atoms with Crippen molar-refractivity contribution < 1.29 is 17.6 Å². The standard InChI is InChI=1S/C23H15F4N7/c24-12-1-4-18-14(9-12)17(10-13-15(25)2-3-16(26)20(13)27)33-34(18)23-31-21(28)19(22(29)32-23)11-5-7-30-8-6-11/h1-9H,10H2,(H4,28,29,31,32). The van der Waals surface area contributed by atoms with Crippen molar-refractivity contribution in [3.8, 4) is 17.1 Å². The lowest BCUT2D eigenvalue weighted by atomic mass is 10.1. The molecule has 0 saturated heterocycles. The number of pyridine rings is 1. The maximum Gasteiger partial charge on any atom is 0.255 e. The van der Waals surface area contributed by atoms with E-state index in [9.17, 15) is 17.6 Å². The first-order chi connectivity index (χ1) is 16.3. The Labute approximate surface area is 189 Å². The van der Waals surface area contributed by atoms with Gasteiger partial charge >= 0.3 is 0 Å². The number of nitrogens with zero attached hydrogens (tertiary/aromatic N) is 5. The Balaban J connectivity index is 1.67. The smallest absolute Gasteiger partial charge is 0.255 e. The lowest BCUT2D eigenvalue weighted by Crippen LogP contribution is -2.10. The number of hydrogen-bond donors (Lipinski definition) is 2. The van der Waals surface area contributed by atoms with E-state index in [1.165, 1.54) is 16.8 Å². The molecule has 4 N–H and O–H groups in total. The van der Waals surface area contributed by atoms with Crippen molar-refractivity contribution >= 4 is 22.5 Å². The SMILES string of the molecule is Nc1nc(-n2nc(Cc3c(F)ccc(F)c3F)c3cc(F)ccc32)nc(N)c1-c1ccncc1. The molecule has 0 bridgehead atoms. The highest BCUT2D eigenvalue weighted by Gasteiger charge is 2.21. The van der Waals surface area contributed by atoms with Gasteiger partial charge in [0.05, 0.1) is 16.8 Å². The van der Waals surface area contributed by atoms with Gasteiger partial charge in [-0.2, -0.15) is 19.7 Å². The minimum absolute atomic E-state index is 0.0316. The number of rotatable bonds is 4. The van der Waals surface area contributed by atoms with E-state index in [1.807, 2.05) is 0 Å². The summed E-state index contributed by atoms with van der Waals surface area (Å²) in [5, 5.41) is 4.58. The minimum atomic E-state index is -1.34. The van der Waals surface area contributed by atoms with Gasteiger partial charge in [0.2, 0.25) is 0 Å². The van der Waals surface area contributed by atoms with E-state index in [2.05, 4.69) is 20.1 Å². The van der Waals surface area contributed by atoms with Gasteiger partial charge in [-0.15, -0.1) is 0 Å². The van der Waals surface area contributed by atoms with Crippen LogP contribution in [-0.2, 0) is 6.42 Å². The fourth-order valence-corrected chi connectivity index (χ4v) is 3.73. The number of benzene rings is 2. The summed E-state index contributed by atoms with van der Waals surface area (Å²) in [6, 6.07) is 8.64. The fraction of sp³-hybridized carbons (Fsp3) is 0.0435. The highest BCUT2D eigenvalue weighted by atomic mass is 19.2. The third-order valence-corrected chi connectivity index (χ3v) is 5.31. The number of hydrogen-bond acceptors (Lipinski definition) is 6. The summed E-state index contributed by atoms with van der Waals surface area (Å²) in [5.41, 5.74) is 13.2. The fourth-order valence-electron chi connectivity index (χ4n) is 3.73. The molecule has 0 unspecified atom stereocenters. The zero-order chi connectivity index (χ0) is 24.0. The molecule has 0 aliphatic rings. The molecule has 34 heavy (non-hydrogen) atoms. The molecule has 0 aliphatic heterocycles. The van der Waals surface area contributed by atoms with Gasteiger partial charge in [0, 0.05) is 29.8 Å². The van der Waals surface area contributed by atoms with E-state index >= 15 is 0 Å². The van der Waals surface area contributed by atoms with Crippen LogP contribution in [0.4, 0.5) is 29.2 Å². The molecule has 0 fully saturated rings. The number of nitrogens with two attached hydrogens (primary N) is 2. The highest BCUT2D eigenvalue weighted by molar-refractivity contribution is 5.85. The van der Waals surface area contributed by atoms with Crippen LogP contribution in [0.15, 0.2) is 54.9 Å². The molecule has 5 rings (SSSR count). The van der Waals surface area contributed by atoms with Crippen LogP contribution in [0.5, 0.6) is 0 Å². The molecule has 5 aromatic rings. The number of aromatic nitrogens is 5. The van der Waals surface area contributed by atoms with Crippen LogP contribution >= 0.6 is 0 Å². The summed E-state index contributed by atoms with van der Waals surface area (Å²) >= 11 is 0. The van der Waals surface area contributed by atoms with Gasteiger partial charge in [0.15, 0.2) is 11.6 Å². The summed E-state index contributed by atoms with van der Waals surface area (Å²) in [6.45, 7) is 0. The van der Waals surface area contributed by atoms with E-state index < -0.39 is 35.3 Å². The number of nitrogen functional groups attached to an aromatic ring is 2. The monoisotopic (exact) mass is 465 g/mol. The Bertz CT molecular complexity index is 1530. The normalized spacial score (nSPS) is 11.3. The molecular weight excluding hydrogens is 450 g/mol. The molecule has 3 aromatic heterocycles. The van der Waals surface area contributed by atoms with Crippen molar-refractivity contribution in [1.29, 1.82) is 0 Å². The van der Waals surface area contributed by atoms with Crippen LogP contribution in [-0.4, -0.2) is 24.7 Å². The van der Waals surface area contributed by atoms with Crippen molar-refractivity contribution in [3.63, 3.8) is 0 Å². The molecule has 7 nitrogen and oxygen atoms in total. The molecule has 0 saturated carbocycles. The number of fused-ring (bicyclic) bond motifs is 1. The largest absolute Gasteiger partial charge is 0.383 e. The number of anilines is 2. The zero-order valence-electron chi connectivity index (χ0n) is 17.3. The second kappa shape index (κ2) is 8.10. The average molecular weight is 465 g/mol. The molecule has 3 heterocycles. The first-order valence-corrected chi connectivity index (χ1v) is 9.96. The van der Waals surface area contributed by atoms with E-state index in [0.29, 0.717) is 22.7 Å². The van der Waals surface area contributed by atoms with Gasteiger partial charge in [-0.1, -0.05) is 0 Å². The molecule has 170 valence electrons.